The first-order chi connectivity index (χ1) is 7.41. The number of carbonyl (C=O) groups is 1. The van der Waals surface area contributed by atoms with E-state index < -0.39 is 0 Å². The molecule has 0 saturated carbocycles. The molecule has 0 spiro atoms. The Hall–Kier alpha value is -1.31. The van der Waals surface area contributed by atoms with E-state index in [9.17, 15) is 4.79 Å². The highest BCUT2D eigenvalue weighted by Gasteiger charge is 2.21. The van der Waals surface area contributed by atoms with Crippen molar-refractivity contribution in [3.63, 3.8) is 0 Å². The molecule has 0 aliphatic rings. The molecule has 2 nitrogen and oxygen atoms in total. The van der Waals surface area contributed by atoms with Gasteiger partial charge in [-0.25, -0.2) is 0 Å². The largest absolute Gasteiger partial charge is 0.355 e. The molecule has 0 radical (unpaired) electrons. The summed E-state index contributed by atoms with van der Waals surface area (Å²) in [6, 6.07) is 10.2. The minimum atomic E-state index is -0.309. The van der Waals surface area contributed by atoms with Gasteiger partial charge in [0.25, 0.3) is 0 Å². The van der Waals surface area contributed by atoms with Gasteiger partial charge in [0.15, 0.2) is 0 Å². The maximum atomic E-state index is 11.7. The van der Waals surface area contributed by atoms with Crippen molar-refractivity contribution in [1.29, 1.82) is 0 Å². The molecule has 88 valence electrons. The second-order valence-corrected chi connectivity index (χ2v) is 5.27. The summed E-state index contributed by atoms with van der Waals surface area (Å²) in [5, 5.41) is 2.98. The maximum absolute atomic E-state index is 11.7. The first kappa shape index (κ1) is 12.8. The molecule has 1 amide bonds. The van der Waals surface area contributed by atoms with Crippen LogP contribution in [0.15, 0.2) is 30.3 Å². The lowest BCUT2D eigenvalue weighted by atomic mass is 9.95. The predicted molar refractivity (Wildman–Crippen MR) is 67.3 cm³/mol. The number of nitrogens with one attached hydrogen (secondary N) is 1. The molecule has 0 aromatic heterocycles. The smallest absolute Gasteiger partial charge is 0.225 e. The fourth-order valence-electron chi connectivity index (χ4n) is 1.41. The number of hydrogen-bond donors (Lipinski definition) is 1. The Kier molecular flexibility index (Phi) is 4.11. The fourth-order valence-corrected chi connectivity index (χ4v) is 1.41. The monoisotopic (exact) mass is 219 g/mol. The number of amides is 1. The van der Waals surface area contributed by atoms with E-state index in [0.717, 1.165) is 0 Å². The van der Waals surface area contributed by atoms with Crippen LogP contribution in [0.5, 0.6) is 0 Å². The van der Waals surface area contributed by atoms with Gasteiger partial charge in [-0.3, -0.25) is 4.79 Å². The Morgan fingerprint density at radius 1 is 1.25 bits per heavy atom. The maximum Gasteiger partial charge on any atom is 0.225 e. The van der Waals surface area contributed by atoms with Crippen molar-refractivity contribution in [2.75, 3.05) is 6.54 Å². The van der Waals surface area contributed by atoms with Gasteiger partial charge in [0.2, 0.25) is 5.91 Å². The molecular weight excluding hydrogens is 198 g/mol. The Morgan fingerprint density at radius 3 is 2.31 bits per heavy atom. The van der Waals surface area contributed by atoms with Crippen molar-refractivity contribution >= 4 is 5.91 Å². The van der Waals surface area contributed by atoms with Crippen LogP contribution in [-0.4, -0.2) is 12.5 Å². The number of hydrogen-bond acceptors (Lipinski definition) is 1. The van der Waals surface area contributed by atoms with Crippen LogP contribution in [0.1, 0.15) is 39.2 Å². The van der Waals surface area contributed by atoms with Crippen molar-refractivity contribution in [3.8, 4) is 0 Å². The van der Waals surface area contributed by atoms with Crippen LogP contribution in [0, 0.1) is 5.41 Å². The molecule has 1 N–H and O–H groups in total. The second kappa shape index (κ2) is 5.15. The Labute approximate surface area is 98.1 Å². The summed E-state index contributed by atoms with van der Waals surface area (Å²) in [4.78, 5) is 11.7. The van der Waals surface area contributed by atoms with Gasteiger partial charge in [-0.2, -0.15) is 0 Å². The Morgan fingerprint density at radius 2 is 1.81 bits per heavy atom. The second-order valence-electron chi connectivity index (χ2n) is 5.27. The van der Waals surface area contributed by atoms with Crippen molar-refractivity contribution in [1.82, 2.24) is 5.32 Å². The first-order valence-corrected chi connectivity index (χ1v) is 5.74. The molecule has 0 saturated heterocycles. The average molecular weight is 219 g/mol. The van der Waals surface area contributed by atoms with E-state index in [4.69, 9.17) is 0 Å². The average Bonchev–Trinajstić information content (AvgIpc) is 2.25. The van der Waals surface area contributed by atoms with Gasteiger partial charge in [-0.1, -0.05) is 58.0 Å². The van der Waals surface area contributed by atoms with E-state index in [0.29, 0.717) is 12.5 Å². The van der Waals surface area contributed by atoms with Crippen LogP contribution in [0.2, 0.25) is 0 Å². The molecule has 0 aliphatic carbocycles. The summed E-state index contributed by atoms with van der Waals surface area (Å²) >= 11 is 0. The van der Waals surface area contributed by atoms with Crippen molar-refractivity contribution in [2.45, 2.75) is 33.6 Å². The lowest BCUT2D eigenvalue weighted by Gasteiger charge is -2.20. The molecule has 1 aromatic rings. The molecule has 0 bridgehead atoms. The Bertz CT molecular complexity index is 338. The SMILES string of the molecule is C[C@@H](CNC(=O)C(C)(C)C)c1ccccc1. The third-order valence-electron chi connectivity index (χ3n) is 2.62. The summed E-state index contributed by atoms with van der Waals surface area (Å²) in [5.74, 6) is 0.461. The molecule has 0 fully saturated rings. The third kappa shape index (κ3) is 3.69. The van der Waals surface area contributed by atoms with Crippen LogP contribution < -0.4 is 5.32 Å². The van der Waals surface area contributed by atoms with Gasteiger partial charge in [0, 0.05) is 12.0 Å². The zero-order chi connectivity index (χ0) is 12.2. The Balaban J connectivity index is 2.48. The molecule has 1 aromatic carbocycles. The summed E-state index contributed by atoms with van der Waals surface area (Å²) in [7, 11) is 0. The van der Waals surface area contributed by atoms with Gasteiger partial charge in [-0.05, 0) is 11.5 Å². The van der Waals surface area contributed by atoms with Crippen molar-refractivity contribution < 1.29 is 4.79 Å². The first-order valence-electron chi connectivity index (χ1n) is 5.74. The lowest BCUT2D eigenvalue weighted by molar-refractivity contribution is -0.128. The van der Waals surface area contributed by atoms with Crippen LogP contribution in [0.3, 0.4) is 0 Å². The zero-order valence-electron chi connectivity index (χ0n) is 10.6. The fraction of sp³-hybridized carbons (Fsp3) is 0.500. The van der Waals surface area contributed by atoms with Crippen LogP contribution in [0.25, 0.3) is 0 Å². The quantitative estimate of drug-likeness (QED) is 0.832. The van der Waals surface area contributed by atoms with Gasteiger partial charge in [0.05, 0.1) is 0 Å². The van der Waals surface area contributed by atoms with E-state index >= 15 is 0 Å². The molecule has 16 heavy (non-hydrogen) atoms. The number of benzene rings is 1. The van der Waals surface area contributed by atoms with E-state index in [1.165, 1.54) is 5.56 Å². The van der Waals surface area contributed by atoms with E-state index in [-0.39, 0.29) is 11.3 Å². The van der Waals surface area contributed by atoms with Crippen molar-refractivity contribution in [3.05, 3.63) is 35.9 Å². The molecule has 1 rings (SSSR count). The number of carbonyl (C=O) groups excluding carboxylic acids is 1. The van der Waals surface area contributed by atoms with E-state index in [1.54, 1.807) is 0 Å². The summed E-state index contributed by atoms with van der Waals surface area (Å²) in [5.41, 5.74) is 0.952. The minimum absolute atomic E-state index is 0.107. The highest BCUT2D eigenvalue weighted by molar-refractivity contribution is 5.81. The third-order valence-corrected chi connectivity index (χ3v) is 2.62. The summed E-state index contributed by atoms with van der Waals surface area (Å²) in [6.07, 6.45) is 0. The standard InChI is InChI=1S/C14H21NO/c1-11(12-8-6-5-7-9-12)10-15-13(16)14(2,3)4/h5-9,11H,10H2,1-4H3,(H,15,16)/t11-/m0/s1. The van der Waals surface area contributed by atoms with Gasteiger partial charge >= 0.3 is 0 Å². The highest BCUT2D eigenvalue weighted by Crippen LogP contribution is 2.16. The summed E-state index contributed by atoms with van der Waals surface area (Å²) < 4.78 is 0. The minimum Gasteiger partial charge on any atom is -0.355 e. The molecule has 1 atom stereocenters. The topological polar surface area (TPSA) is 29.1 Å². The predicted octanol–water partition coefficient (Wildman–Crippen LogP) is 2.95. The molecule has 0 aliphatic heterocycles. The zero-order valence-corrected chi connectivity index (χ0v) is 10.6. The van der Waals surface area contributed by atoms with Crippen molar-refractivity contribution in [2.24, 2.45) is 5.41 Å². The van der Waals surface area contributed by atoms with Gasteiger partial charge in [0.1, 0.15) is 0 Å². The highest BCUT2D eigenvalue weighted by atomic mass is 16.2. The van der Waals surface area contributed by atoms with E-state index in [1.807, 2.05) is 39.0 Å². The number of rotatable bonds is 3. The van der Waals surface area contributed by atoms with Gasteiger partial charge in [-0.15, -0.1) is 0 Å². The molecule has 0 unspecified atom stereocenters. The van der Waals surface area contributed by atoms with Crippen LogP contribution in [0.4, 0.5) is 0 Å². The molecular formula is C14H21NO. The van der Waals surface area contributed by atoms with Crippen LogP contribution >= 0.6 is 0 Å². The van der Waals surface area contributed by atoms with Crippen LogP contribution in [-0.2, 0) is 4.79 Å². The molecule has 2 heteroatoms. The van der Waals surface area contributed by atoms with E-state index in [2.05, 4.69) is 24.4 Å². The molecule has 0 heterocycles. The summed E-state index contributed by atoms with van der Waals surface area (Å²) in [6.45, 7) is 8.60. The lowest BCUT2D eigenvalue weighted by Crippen LogP contribution is -2.36. The van der Waals surface area contributed by atoms with Gasteiger partial charge < -0.3 is 5.32 Å². The normalized spacial score (nSPS) is 13.2.